The van der Waals surface area contributed by atoms with E-state index in [9.17, 15) is 10.2 Å². The van der Waals surface area contributed by atoms with E-state index in [-0.39, 0.29) is 12.8 Å². The highest BCUT2D eigenvalue weighted by Crippen LogP contribution is 2.50. The maximum atomic E-state index is 10.8. The molecule has 0 unspecified atom stereocenters. The molecule has 0 aromatic heterocycles. The number of likely N-dealkylation sites (tertiary alicyclic amines) is 1. The molecule has 2 N–H and O–H groups in total. The fraction of sp³-hybridized carbons (Fsp3) is 0.625. The first-order chi connectivity index (χ1) is 10.1. The van der Waals surface area contributed by atoms with Crippen LogP contribution < -0.4 is 9.47 Å². The van der Waals surface area contributed by atoms with Crippen molar-refractivity contribution in [3.05, 3.63) is 23.8 Å². The number of aliphatic hydroxyl groups is 2. The Morgan fingerprint density at radius 1 is 1.19 bits per heavy atom. The SMILES string of the molecule is CN1CC[C@@]2(c3ccc4c(c3)OCO4)[C@H](O)[C@@H](O)CC[C@@H]12. The highest BCUT2D eigenvalue weighted by molar-refractivity contribution is 5.48. The molecule has 114 valence electrons. The van der Waals surface area contributed by atoms with Gasteiger partial charge in [0, 0.05) is 11.5 Å². The molecule has 3 aliphatic rings. The number of fused-ring (bicyclic) bond motifs is 2. The highest BCUT2D eigenvalue weighted by atomic mass is 16.7. The van der Waals surface area contributed by atoms with Crippen LogP contribution in [0, 0.1) is 0 Å². The third-order valence-corrected chi connectivity index (χ3v) is 5.54. The second-order valence-electron chi connectivity index (χ2n) is 6.44. The minimum absolute atomic E-state index is 0.250. The molecule has 1 saturated carbocycles. The van der Waals surface area contributed by atoms with Gasteiger partial charge >= 0.3 is 0 Å². The Bertz CT molecular complexity index is 563. The summed E-state index contributed by atoms with van der Waals surface area (Å²) < 4.78 is 10.9. The van der Waals surface area contributed by atoms with Crippen molar-refractivity contribution in [3.63, 3.8) is 0 Å². The predicted molar refractivity (Wildman–Crippen MR) is 76.5 cm³/mol. The van der Waals surface area contributed by atoms with Crippen molar-refractivity contribution in [2.24, 2.45) is 0 Å². The van der Waals surface area contributed by atoms with E-state index >= 15 is 0 Å². The van der Waals surface area contributed by atoms with Crippen molar-refractivity contribution >= 4 is 0 Å². The number of hydrogen-bond donors (Lipinski definition) is 2. The lowest BCUT2D eigenvalue weighted by molar-refractivity contribution is -0.0738. The van der Waals surface area contributed by atoms with Crippen molar-refractivity contribution in [1.82, 2.24) is 4.90 Å². The Morgan fingerprint density at radius 2 is 2.00 bits per heavy atom. The first-order valence-electron chi connectivity index (χ1n) is 7.59. The Hall–Kier alpha value is -1.30. The molecule has 0 spiro atoms. The molecule has 21 heavy (non-hydrogen) atoms. The average Bonchev–Trinajstić information content (AvgIpc) is 3.08. The predicted octanol–water partition coefficient (Wildman–Crippen LogP) is 0.873. The van der Waals surface area contributed by atoms with Gasteiger partial charge in [-0.1, -0.05) is 6.07 Å². The summed E-state index contributed by atoms with van der Waals surface area (Å²) in [6, 6.07) is 6.17. The fourth-order valence-electron chi connectivity index (χ4n) is 4.42. The van der Waals surface area contributed by atoms with Crippen LogP contribution >= 0.6 is 0 Å². The third kappa shape index (κ3) is 1.74. The van der Waals surface area contributed by atoms with E-state index < -0.39 is 17.6 Å². The molecule has 2 heterocycles. The van der Waals surface area contributed by atoms with Crippen LogP contribution in [0.5, 0.6) is 11.5 Å². The van der Waals surface area contributed by atoms with Gasteiger partial charge in [0.05, 0.1) is 12.2 Å². The topological polar surface area (TPSA) is 62.2 Å². The Kier molecular flexibility index (Phi) is 2.93. The van der Waals surface area contributed by atoms with E-state index in [2.05, 4.69) is 11.9 Å². The van der Waals surface area contributed by atoms with Crippen molar-refractivity contribution in [2.75, 3.05) is 20.4 Å². The molecule has 2 aliphatic heterocycles. The molecule has 1 saturated heterocycles. The molecular formula is C16H21NO4. The number of aliphatic hydroxyl groups excluding tert-OH is 2. The smallest absolute Gasteiger partial charge is 0.231 e. The summed E-state index contributed by atoms with van der Waals surface area (Å²) in [5.41, 5.74) is 0.639. The number of likely N-dealkylation sites (N-methyl/N-ethyl adjacent to an activating group) is 1. The number of nitrogens with zero attached hydrogens (tertiary/aromatic N) is 1. The quantitative estimate of drug-likeness (QED) is 0.804. The van der Waals surface area contributed by atoms with Crippen LogP contribution in [-0.2, 0) is 5.41 Å². The van der Waals surface area contributed by atoms with Gasteiger partial charge in [0.25, 0.3) is 0 Å². The lowest BCUT2D eigenvalue weighted by atomic mass is 9.63. The van der Waals surface area contributed by atoms with E-state index in [0.29, 0.717) is 6.42 Å². The zero-order valence-corrected chi connectivity index (χ0v) is 12.2. The van der Waals surface area contributed by atoms with Crippen LogP contribution in [-0.4, -0.2) is 53.7 Å². The molecule has 4 atom stereocenters. The second-order valence-corrected chi connectivity index (χ2v) is 6.44. The lowest BCUT2D eigenvalue weighted by Gasteiger charge is -2.47. The minimum atomic E-state index is -0.735. The van der Waals surface area contributed by atoms with Gasteiger partial charge in [0.15, 0.2) is 11.5 Å². The van der Waals surface area contributed by atoms with Crippen LogP contribution in [0.4, 0.5) is 0 Å². The van der Waals surface area contributed by atoms with E-state index in [4.69, 9.17) is 9.47 Å². The van der Waals surface area contributed by atoms with E-state index in [0.717, 1.165) is 36.4 Å². The summed E-state index contributed by atoms with van der Waals surface area (Å²) >= 11 is 0. The van der Waals surface area contributed by atoms with Gasteiger partial charge in [-0.2, -0.15) is 0 Å². The first-order valence-corrected chi connectivity index (χ1v) is 7.59. The van der Waals surface area contributed by atoms with Crippen LogP contribution in [0.3, 0.4) is 0 Å². The molecule has 0 bridgehead atoms. The van der Waals surface area contributed by atoms with Gasteiger partial charge in [-0.3, -0.25) is 0 Å². The molecule has 0 radical (unpaired) electrons. The number of hydrogen-bond acceptors (Lipinski definition) is 5. The van der Waals surface area contributed by atoms with Crippen LogP contribution in [0.25, 0.3) is 0 Å². The van der Waals surface area contributed by atoms with Gasteiger partial charge in [-0.15, -0.1) is 0 Å². The van der Waals surface area contributed by atoms with Crippen LogP contribution in [0.15, 0.2) is 18.2 Å². The number of ether oxygens (including phenoxy) is 2. The second kappa shape index (κ2) is 4.60. The minimum Gasteiger partial charge on any atom is -0.454 e. The lowest BCUT2D eigenvalue weighted by Crippen LogP contribution is -2.57. The van der Waals surface area contributed by atoms with Gasteiger partial charge < -0.3 is 24.6 Å². The summed E-state index contributed by atoms with van der Waals surface area (Å²) in [7, 11) is 2.10. The molecule has 5 heteroatoms. The first kappa shape index (κ1) is 13.4. The van der Waals surface area contributed by atoms with E-state index in [1.165, 1.54) is 0 Å². The summed E-state index contributed by atoms with van der Waals surface area (Å²) in [6.07, 6.45) is 1.03. The molecule has 5 nitrogen and oxygen atoms in total. The Labute approximate surface area is 124 Å². The highest BCUT2D eigenvalue weighted by Gasteiger charge is 2.56. The van der Waals surface area contributed by atoms with Gasteiger partial charge in [0.1, 0.15) is 0 Å². The van der Waals surface area contributed by atoms with Crippen molar-refractivity contribution in [3.8, 4) is 11.5 Å². The summed E-state index contributed by atoms with van der Waals surface area (Å²) in [4.78, 5) is 2.31. The molecular weight excluding hydrogens is 270 g/mol. The van der Waals surface area contributed by atoms with Crippen LogP contribution in [0.1, 0.15) is 24.8 Å². The largest absolute Gasteiger partial charge is 0.454 e. The van der Waals surface area contributed by atoms with Crippen molar-refractivity contribution in [2.45, 2.75) is 42.9 Å². The maximum Gasteiger partial charge on any atom is 0.231 e. The summed E-state index contributed by atoms with van der Waals surface area (Å²) in [6.45, 7) is 1.18. The van der Waals surface area contributed by atoms with E-state index in [1.807, 2.05) is 18.2 Å². The molecule has 1 aromatic carbocycles. The fourth-order valence-corrected chi connectivity index (χ4v) is 4.42. The molecule has 1 aliphatic carbocycles. The molecule has 0 amide bonds. The van der Waals surface area contributed by atoms with E-state index in [1.54, 1.807) is 0 Å². The molecule has 1 aromatic rings. The van der Waals surface area contributed by atoms with Crippen molar-refractivity contribution in [1.29, 1.82) is 0 Å². The zero-order valence-electron chi connectivity index (χ0n) is 12.2. The van der Waals surface area contributed by atoms with Gasteiger partial charge in [-0.05, 0) is 50.6 Å². The number of benzene rings is 1. The number of rotatable bonds is 1. The normalized spacial score (nSPS) is 38.5. The van der Waals surface area contributed by atoms with Gasteiger partial charge in [-0.25, -0.2) is 0 Å². The third-order valence-electron chi connectivity index (χ3n) is 5.54. The Balaban J connectivity index is 1.82. The summed E-state index contributed by atoms with van der Waals surface area (Å²) in [5.74, 6) is 1.49. The standard InChI is InChI=1S/C16H21NO4/c1-17-7-6-16(14(17)5-3-11(18)15(16)19)10-2-4-12-13(8-10)21-9-20-12/h2,4,8,11,14-15,18-19H,3,5-7,9H2,1H3/t11-,14+,15+,16-/m0/s1. The average molecular weight is 291 g/mol. The molecule has 2 fully saturated rings. The maximum absolute atomic E-state index is 10.8. The monoisotopic (exact) mass is 291 g/mol. The summed E-state index contributed by atoms with van der Waals surface area (Å²) in [5, 5.41) is 21.0. The van der Waals surface area contributed by atoms with Crippen LogP contribution in [0.2, 0.25) is 0 Å². The van der Waals surface area contributed by atoms with Gasteiger partial charge in [0.2, 0.25) is 6.79 Å². The molecule has 4 rings (SSSR count). The Morgan fingerprint density at radius 3 is 2.86 bits per heavy atom. The zero-order chi connectivity index (χ0) is 14.6. The van der Waals surface area contributed by atoms with Crippen molar-refractivity contribution < 1.29 is 19.7 Å².